The van der Waals surface area contributed by atoms with E-state index in [1.807, 2.05) is 4.90 Å². The van der Waals surface area contributed by atoms with Crippen LogP contribution in [0.2, 0.25) is 0 Å². The number of carbonyl (C=O) groups excluding carboxylic acids is 1. The van der Waals surface area contributed by atoms with Crippen molar-refractivity contribution in [1.29, 1.82) is 0 Å². The summed E-state index contributed by atoms with van der Waals surface area (Å²) in [5, 5.41) is 0.307. The van der Waals surface area contributed by atoms with Gasteiger partial charge in [-0.2, -0.15) is 0 Å². The first-order valence-electron chi connectivity index (χ1n) is 3.48. The fourth-order valence-electron chi connectivity index (χ4n) is 1.42. The smallest absolute Gasteiger partial charge is 0.243 e. The van der Waals surface area contributed by atoms with Crippen LogP contribution in [-0.2, 0) is 4.79 Å². The summed E-state index contributed by atoms with van der Waals surface area (Å²) in [6.45, 7) is 0.921. The predicted octanol–water partition coefficient (Wildman–Crippen LogP) is -0.381. The van der Waals surface area contributed by atoms with Gasteiger partial charge in [-0.05, 0) is 12.2 Å². The van der Waals surface area contributed by atoms with Crippen molar-refractivity contribution in [3.63, 3.8) is 0 Å². The van der Waals surface area contributed by atoms with Gasteiger partial charge in [0.2, 0.25) is 5.91 Å². The number of hydrogen-bond donors (Lipinski definition) is 1. The molecule has 0 saturated carbocycles. The summed E-state index contributed by atoms with van der Waals surface area (Å²) < 4.78 is 0. The lowest BCUT2D eigenvalue weighted by molar-refractivity contribution is -0.144. The van der Waals surface area contributed by atoms with Crippen LogP contribution >= 0.6 is 11.8 Å². The molecule has 2 heterocycles. The van der Waals surface area contributed by atoms with E-state index in [2.05, 4.69) is 0 Å². The topological polar surface area (TPSA) is 46.3 Å². The summed E-state index contributed by atoms with van der Waals surface area (Å²) >= 11 is 1.80. The van der Waals surface area contributed by atoms with E-state index in [0.29, 0.717) is 5.37 Å². The number of rotatable bonds is 0. The number of hydrogen-bond acceptors (Lipinski definition) is 3. The zero-order chi connectivity index (χ0) is 7.14. The third-order valence-corrected chi connectivity index (χ3v) is 3.43. The van der Waals surface area contributed by atoms with Gasteiger partial charge < -0.3 is 10.6 Å². The zero-order valence-corrected chi connectivity index (χ0v) is 6.43. The first-order valence-corrected chi connectivity index (χ1v) is 4.53. The van der Waals surface area contributed by atoms with Crippen molar-refractivity contribution in [1.82, 2.24) is 4.90 Å². The monoisotopic (exact) mass is 158 g/mol. The normalized spacial score (nSPS) is 38.9. The second kappa shape index (κ2) is 2.13. The van der Waals surface area contributed by atoms with E-state index >= 15 is 0 Å². The number of fused-ring (bicyclic) bond motifs is 1. The van der Waals surface area contributed by atoms with Gasteiger partial charge in [-0.15, -0.1) is 11.8 Å². The Morgan fingerprint density at radius 3 is 3.20 bits per heavy atom. The molecule has 2 rings (SSSR count). The highest BCUT2D eigenvalue weighted by molar-refractivity contribution is 8.00. The molecule has 2 N–H and O–H groups in total. The largest absolute Gasteiger partial charge is 0.327 e. The van der Waals surface area contributed by atoms with Gasteiger partial charge in [0.05, 0.1) is 0 Å². The van der Waals surface area contributed by atoms with Gasteiger partial charge in [-0.3, -0.25) is 4.79 Å². The first-order chi connectivity index (χ1) is 4.80. The summed E-state index contributed by atoms with van der Waals surface area (Å²) in [7, 11) is 0. The summed E-state index contributed by atoms with van der Waals surface area (Å²) in [6.07, 6.45) is 1.12. The minimum atomic E-state index is -0.203. The molecule has 0 aliphatic carbocycles. The molecule has 2 aliphatic rings. The molecule has 10 heavy (non-hydrogen) atoms. The lowest BCUT2D eigenvalue weighted by Crippen LogP contribution is -2.68. The molecule has 0 aromatic carbocycles. The van der Waals surface area contributed by atoms with E-state index in [1.165, 1.54) is 0 Å². The average molecular weight is 158 g/mol. The van der Waals surface area contributed by atoms with E-state index in [0.717, 1.165) is 18.7 Å². The van der Waals surface area contributed by atoms with Crippen LogP contribution in [0.4, 0.5) is 0 Å². The van der Waals surface area contributed by atoms with Gasteiger partial charge in [0, 0.05) is 6.54 Å². The lowest BCUT2D eigenvalue weighted by atomic mass is 10.1. The summed E-state index contributed by atoms with van der Waals surface area (Å²) in [4.78, 5) is 12.9. The second-order valence-electron chi connectivity index (χ2n) is 2.67. The Kier molecular flexibility index (Phi) is 1.38. The Balaban J connectivity index is 2.06. The third kappa shape index (κ3) is 0.689. The predicted molar refractivity (Wildman–Crippen MR) is 40.6 cm³/mol. The molecule has 1 unspecified atom stereocenters. The first kappa shape index (κ1) is 6.49. The Morgan fingerprint density at radius 2 is 2.50 bits per heavy atom. The van der Waals surface area contributed by atoms with Crippen LogP contribution in [0.25, 0.3) is 0 Å². The number of amides is 1. The lowest BCUT2D eigenvalue weighted by Gasteiger charge is -2.47. The summed E-state index contributed by atoms with van der Waals surface area (Å²) in [5.74, 6) is 1.29. The molecule has 1 amide bonds. The Labute approximate surface area is 63.9 Å². The van der Waals surface area contributed by atoms with E-state index in [-0.39, 0.29) is 11.9 Å². The van der Waals surface area contributed by atoms with Crippen molar-refractivity contribution in [2.75, 3.05) is 12.3 Å². The van der Waals surface area contributed by atoms with E-state index in [1.54, 1.807) is 11.8 Å². The molecule has 0 aromatic heterocycles. The zero-order valence-electron chi connectivity index (χ0n) is 5.62. The van der Waals surface area contributed by atoms with Crippen LogP contribution in [0.5, 0.6) is 0 Å². The average Bonchev–Trinajstić information content (AvgIpc) is 2.03. The van der Waals surface area contributed by atoms with Crippen LogP contribution in [0.3, 0.4) is 0 Å². The van der Waals surface area contributed by atoms with E-state index in [4.69, 9.17) is 5.73 Å². The van der Waals surface area contributed by atoms with Crippen molar-refractivity contribution >= 4 is 17.7 Å². The fraction of sp³-hybridized carbons (Fsp3) is 0.833. The van der Waals surface area contributed by atoms with Crippen LogP contribution in [0, 0.1) is 0 Å². The van der Waals surface area contributed by atoms with Gasteiger partial charge in [0.15, 0.2) is 0 Å². The second-order valence-corrected chi connectivity index (χ2v) is 3.90. The number of nitrogens with two attached hydrogens (primary N) is 1. The molecule has 3 nitrogen and oxygen atoms in total. The highest BCUT2D eigenvalue weighted by atomic mass is 32.2. The SMILES string of the molecule is NC1C(=O)N2CCCS[C@@H]12. The van der Waals surface area contributed by atoms with Crippen molar-refractivity contribution in [3.8, 4) is 0 Å². The number of nitrogens with zero attached hydrogens (tertiary/aromatic N) is 1. The van der Waals surface area contributed by atoms with Crippen molar-refractivity contribution in [2.45, 2.75) is 17.8 Å². The molecule has 2 saturated heterocycles. The molecular weight excluding hydrogens is 148 g/mol. The summed E-state index contributed by atoms with van der Waals surface area (Å²) in [6, 6.07) is -0.203. The third-order valence-electron chi connectivity index (χ3n) is 2.01. The minimum Gasteiger partial charge on any atom is -0.327 e. The number of carbonyl (C=O) groups is 1. The molecule has 2 fully saturated rings. The minimum absolute atomic E-state index is 0.136. The van der Waals surface area contributed by atoms with E-state index < -0.39 is 0 Å². The van der Waals surface area contributed by atoms with Crippen LogP contribution in [-0.4, -0.2) is 34.5 Å². The number of β-lactam (4-membered cyclic amide) rings is 1. The molecule has 0 radical (unpaired) electrons. The quantitative estimate of drug-likeness (QED) is 0.489. The maximum absolute atomic E-state index is 11.0. The highest BCUT2D eigenvalue weighted by Crippen LogP contribution is 2.32. The molecule has 0 bridgehead atoms. The molecule has 2 atom stereocenters. The molecule has 0 spiro atoms. The molecule has 2 aliphatic heterocycles. The standard InChI is InChI=1S/C6H10N2OS/c7-4-5(9)8-2-1-3-10-6(4)8/h4,6H,1-3,7H2/t4?,6-/m0/s1. The van der Waals surface area contributed by atoms with Gasteiger partial charge in [0.1, 0.15) is 11.4 Å². The van der Waals surface area contributed by atoms with Crippen molar-refractivity contribution in [2.24, 2.45) is 5.73 Å². The maximum Gasteiger partial charge on any atom is 0.243 e. The van der Waals surface area contributed by atoms with Crippen LogP contribution in [0.15, 0.2) is 0 Å². The molecular formula is C6H10N2OS. The van der Waals surface area contributed by atoms with Gasteiger partial charge in [0.25, 0.3) is 0 Å². The summed E-state index contributed by atoms with van der Waals surface area (Å²) in [5.41, 5.74) is 5.56. The fourth-order valence-corrected chi connectivity index (χ4v) is 2.67. The maximum atomic E-state index is 11.0. The van der Waals surface area contributed by atoms with Gasteiger partial charge in [-0.1, -0.05) is 0 Å². The van der Waals surface area contributed by atoms with Crippen molar-refractivity contribution in [3.05, 3.63) is 0 Å². The van der Waals surface area contributed by atoms with Gasteiger partial charge in [-0.25, -0.2) is 0 Å². The van der Waals surface area contributed by atoms with Gasteiger partial charge >= 0.3 is 0 Å². The van der Waals surface area contributed by atoms with Crippen LogP contribution in [0.1, 0.15) is 6.42 Å². The highest BCUT2D eigenvalue weighted by Gasteiger charge is 2.46. The molecule has 4 heteroatoms. The number of thioether (sulfide) groups is 1. The van der Waals surface area contributed by atoms with E-state index in [9.17, 15) is 4.79 Å². The van der Waals surface area contributed by atoms with Crippen molar-refractivity contribution < 1.29 is 4.79 Å². The van der Waals surface area contributed by atoms with Crippen LogP contribution < -0.4 is 5.73 Å². The molecule has 56 valence electrons. The molecule has 0 aromatic rings. The Morgan fingerprint density at radius 1 is 1.70 bits per heavy atom. The Hall–Kier alpha value is -0.220. The Bertz CT molecular complexity index is 173.